The van der Waals surface area contributed by atoms with Crippen LogP contribution in [0.2, 0.25) is 0 Å². The number of hydrogen-bond acceptors (Lipinski definition) is 7. The first-order chi connectivity index (χ1) is 15.1. The third-order valence-corrected chi connectivity index (χ3v) is 4.55. The molecule has 0 unspecified atom stereocenters. The van der Waals surface area contributed by atoms with Gasteiger partial charge in [-0.3, -0.25) is 4.79 Å². The quantitative estimate of drug-likeness (QED) is 0.351. The number of H-pyrrole nitrogens is 1. The van der Waals surface area contributed by atoms with E-state index in [0.717, 1.165) is 6.08 Å². The topological polar surface area (TPSA) is 104 Å². The maximum atomic E-state index is 12.7. The van der Waals surface area contributed by atoms with Gasteiger partial charge in [-0.1, -0.05) is 6.07 Å². The van der Waals surface area contributed by atoms with E-state index in [-0.39, 0.29) is 22.8 Å². The number of rotatable bonds is 9. The fourth-order valence-electron chi connectivity index (χ4n) is 3.02. The van der Waals surface area contributed by atoms with Crippen LogP contribution in [0, 0.1) is 13.8 Å². The molecule has 0 radical (unpaired) electrons. The van der Waals surface area contributed by atoms with Crippen LogP contribution in [-0.2, 0) is 14.3 Å². The second-order valence-corrected chi connectivity index (χ2v) is 6.68. The smallest absolute Gasteiger partial charge is 0.387 e. The first-order valence-corrected chi connectivity index (χ1v) is 9.42. The van der Waals surface area contributed by atoms with E-state index in [9.17, 15) is 23.2 Å². The molecule has 1 aromatic heterocycles. The van der Waals surface area contributed by atoms with Gasteiger partial charge in [0.25, 0.3) is 0 Å². The zero-order chi connectivity index (χ0) is 24.0. The van der Waals surface area contributed by atoms with Crippen molar-refractivity contribution in [3.63, 3.8) is 0 Å². The minimum atomic E-state index is -3.00. The molecule has 1 aromatic carbocycles. The molecule has 1 heterocycles. The summed E-state index contributed by atoms with van der Waals surface area (Å²) in [5.74, 6) is -1.99. The molecular weight excluding hydrogens is 428 g/mol. The number of nitrogens with one attached hydrogen (secondary N) is 1. The predicted molar refractivity (Wildman–Crippen MR) is 110 cm³/mol. The lowest BCUT2D eigenvalue weighted by atomic mass is 10.1. The van der Waals surface area contributed by atoms with Crippen LogP contribution in [0.25, 0.3) is 6.08 Å². The molecular formula is C22H23F2NO7. The highest BCUT2D eigenvalue weighted by Crippen LogP contribution is 2.30. The third kappa shape index (κ3) is 5.71. The van der Waals surface area contributed by atoms with Gasteiger partial charge in [-0.2, -0.15) is 8.78 Å². The Balaban J connectivity index is 2.09. The monoisotopic (exact) mass is 451 g/mol. The van der Waals surface area contributed by atoms with Crippen molar-refractivity contribution in [3.05, 3.63) is 52.4 Å². The van der Waals surface area contributed by atoms with Gasteiger partial charge in [-0.05, 0) is 50.1 Å². The normalized spacial score (nSPS) is 12.0. The molecule has 0 bridgehead atoms. The number of methoxy groups -OCH3 is 2. The van der Waals surface area contributed by atoms with Crippen molar-refractivity contribution in [2.75, 3.05) is 14.2 Å². The Labute approximate surface area is 183 Å². The summed E-state index contributed by atoms with van der Waals surface area (Å²) in [6.07, 6.45) is 1.32. The van der Waals surface area contributed by atoms with Gasteiger partial charge in [0.15, 0.2) is 17.6 Å². The predicted octanol–water partition coefficient (Wildman–Crippen LogP) is 3.86. The zero-order valence-corrected chi connectivity index (χ0v) is 18.2. The molecule has 0 aliphatic rings. The summed E-state index contributed by atoms with van der Waals surface area (Å²) < 4.78 is 44.0. The van der Waals surface area contributed by atoms with Crippen LogP contribution in [-0.4, -0.2) is 49.6 Å². The van der Waals surface area contributed by atoms with Gasteiger partial charge < -0.3 is 23.9 Å². The molecule has 0 saturated heterocycles. The van der Waals surface area contributed by atoms with Crippen molar-refractivity contribution in [2.24, 2.45) is 0 Å². The number of aromatic amines is 1. The van der Waals surface area contributed by atoms with Gasteiger partial charge in [-0.25, -0.2) is 9.59 Å². The van der Waals surface area contributed by atoms with E-state index in [1.807, 2.05) is 0 Å². The number of carbonyl (C=O) groups excluding carboxylic acids is 3. The van der Waals surface area contributed by atoms with E-state index in [1.165, 1.54) is 45.4 Å². The van der Waals surface area contributed by atoms with Gasteiger partial charge in [0.2, 0.25) is 5.78 Å². The number of hydrogen-bond donors (Lipinski definition) is 1. The van der Waals surface area contributed by atoms with Crippen LogP contribution >= 0.6 is 0 Å². The Hall–Kier alpha value is -3.69. The van der Waals surface area contributed by atoms with Crippen LogP contribution in [0.3, 0.4) is 0 Å². The highest BCUT2D eigenvalue weighted by Gasteiger charge is 2.27. The minimum Gasteiger partial charge on any atom is -0.493 e. The van der Waals surface area contributed by atoms with E-state index in [1.54, 1.807) is 13.8 Å². The lowest BCUT2D eigenvalue weighted by Gasteiger charge is -2.11. The van der Waals surface area contributed by atoms with Crippen molar-refractivity contribution in [1.82, 2.24) is 4.98 Å². The summed E-state index contributed by atoms with van der Waals surface area (Å²) >= 11 is 0. The molecule has 0 amide bonds. The molecule has 32 heavy (non-hydrogen) atoms. The van der Waals surface area contributed by atoms with Crippen molar-refractivity contribution in [2.45, 2.75) is 33.5 Å². The van der Waals surface area contributed by atoms with E-state index in [0.29, 0.717) is 16.8 Å². The van der Waals surface area contributed by atoms with Crippen molar-refractivity contribution in [3.8, 4) is 11.5 Å². The first-order valence-electron chi connectivity index (χ1n) is 9.42. The van der Waals surface area contributed by atoms with E-state index in [4.69, 9.17) is 14.2 Å². The largest absolute Gasteiger partial charge is 0.493 e. The number of aromatic nitrogens is 1. The van der Waals surface area contributed by atoms with Gasteiger partial charge in [0.05, 0.1) is 25.5 Å². The number of alkyl halides is 2. The van der Waals surface area contributed by atoms with Crippen LogP contribution < -0.4 is 9.47 Å². The summed E-state index contributed by atoms with van der Waals surface area (Å²) in [5, 5.41) is 0. The van der Waals surface area contributed by atoms with E-state index >= 15 is 0 Å². The van der Waals surface area contributed by atoms with Gasteiger partial charge in [0.1, 0.15) is 0 Å². The second kappa shape index (κ2) is 10.6. The van der Waals surface area contributed by atoms with Crippen molar-refractivity contribution in [1.29, 1.82) is 0 Å². The molecule has 0 aliphatic heterocycles. The molecule has 10 heteroatoms. The number of ketones is 1. The van der Waals surface area contributed by atoms with Crippen LogP contribution in [0.4, 0.5) is 8.78 Å². The van der Waals surface area contributed by atoms with Gasteiger partial charge in [-0.15, -0.1) is 0 Å². The Morgan fingerprint density at radius 3 is 2.38 bits per heavy atom. The molecule has 0 spiro atoms. The van der Waals surface area contributed by atoms with Crippen LogP contribution in [0.5, 0.6) is 11.5 Å². The molecule has 0 fully saturated rings. The number of esters is 2. The molecule has 2 aromatic rings. The van der Waals surface area contributed by atoms with E-state index in [2.05, 4.69) is 9.72 Å². The van der Waals surface area contributed by atoms with Gasteiger partial charge in [0, 0.05) is 11.8 Å². The molecule has 0 aliphatic carbocycles. The zero-order valence-electron chi connectivity index (χ0n) is 18.2. The van der Waals surface area contributed by atoms with Crippen LogP contribution in [0.1, 0.15) is 44.6 Å². The molecule has 0 saturated carbocycles. The molecule has 2 rings (SSSR count). The standard InChI is InChI=1S/C22H23F2NO7/c1-11-18(21(28)30-5)12(2)25-19(11)20(27)13(3)31-17(26)9-7-14-6-8-15(32-22(23)24)16(10-14)29-4/h6-10,13,22,25H,1-5H3/b9-7+/t13-/m1/s1. The number of aryl methyl sites for hydroxylation is 1. The van der Waals surface area contributed by atoms with Crippen LogP contribution in [0.15, 0.2) is 24.3 Å². The first kappa shape index (κ1) is 24.6. The lowest BCUT2D eigenvalue weighted by Crippen LogP contribution is -2.24. The fraction of sp³-hybridized carbons (Fsp3) is 0.318. The molecule has 1 atom stereocenters. The Kier molecular flexibility index (Phi) is 8.11. The maximum Gasteiger partial charge on any atom is 0.387 e. The number of carbonyl (C=O) groups is 3. The van der Waals surface area contributed by atoms with Gasteiger partial charge >= 0.3 is 18.6 Å². The summed E-state index contributed by atoms with van der Waals surface area (Å²) in [6, 6.07) is 4.12. The number of ether oxygens (including phenoxy) is 4. The highest BCUT2D eigenvalue weighted by molar-refractivity contribution is 6.04. The maximum absolute atomic E-state index is 12.7. The SMILES string of the molecule is COC(=O)c1c(C)[nH]c(C(=O)[C@@H](C)OC(=O)/C=C/c2ccc(OC(F)F)c(OC)c2)c1C. The summed E-state index contributed by atoms with van der Waals surface area (Å²) in [5.41, 5.74) is 1.72. The van der Waals surface area contributed by atoms with Crippen molar-refractivity contribution >= 4 is 23.8 Å². The average molecular weight is 451 g/mol. The highest BCUT2D eigenvalue weighted by atomic mass is 19.3. The number of benzene rings is 1. The number of Topliss-reactive ketones (excluding diaryl/α,β-unsaturated/α-hetero) is 1. The van der Waals surface area contributed by atoms with E-state index < -0.39 is 30.4 Å². The molecule has 172 valence electrons. The summed E-state index contributed by atoms with van der Waals surface area (Å²) in [4.78, 5) is 39.5. The second-order valence-electron chi connectivity index (χ2n) is 6.68. The summed E-state index contributed by atoms with van der Waals surface area (Å²) in [6.45, 7) is 1.62. The fourth-order valence-corrected chi connectivity index (χ4v) is 3.02. The number of halogens is 2. The molecule has 8 nitrogen and oxygen atoms in total. The minimum absolute atomic E-state index is 0.0587. The summed E-state index contributed by atoms with van der Waals surface area (Å²) in [7, 11) is 2.53. The average Bonchev–Trinajstić information content (AvgIpc) is 3.05. The Morgan fingerprint density at radius 2 is 1.78 bits per heavy atom. The Morgan fingerprint density at radius 1 is 1.09 bits per heavy atom. The van der Waals surface area contributed by atoms with Crippen molar-refractivity contribution < 1.29 is 42.1 Å². The Bertz CT molecular complexity index is 1040. The third-order valence-electron chi connectivity index (χ3n) is 4.55. The lowest BCUT2D eigenvalue weighted by molar-refractivity contribution is -0.140. The molecule has 1 N–H and O–H groups in total.